The maximum absolute atomic E-state index is 11.6. The van der Waals surface area contributed by atoms with Crippen molar-refractivity contribution in [3.63, 3.8) is 0 Å². The first-order valence-electron chi connectivity index (χ1n) is 9.29. The zero-order valence-corrected chi connectivity index (χ0v) is 17.2. The number of thiazole rings is 1. The van der Waals surface area contributed by atoms with Gasteiger partial charge in [0, 0.05) is 36.7 Å². The summed E-state index contributed by atoms with van der Waals surface area (Å²) < 4.78 is 2.10. The SMILES string of the molecule is C[C@@H](c1nc2cc(-c3csc(C(C)(C)C)n3)ncc2n1C)[C@@H]1CNC(=O)C1. The maximum Gasteiger partial charge on any atom is 0.220 e. The van der Waals surface area contributed by atoms with Gasteiger partial charge in [-0.3, -0.25) is 9.78 Å². The third-order valence-corrected chi connectivity index (χ3v) is 6.60. The molecule has 7 heteroatoms. The van der Waals surface area contributed by atoms with E-state index in [-0.39, 0.29) is 23.2 Å². The van der Waals surface area contributed by atoms with Gasteiger partial charge in [-0.2, -0.15) is 0 Å². The van der Waals surface area contributed by atoms with Crippen LogP contribution in [0.2, 0.25) is 0 Å². The van der Waals surface area contributed by atoms with Crippen molar-refractivity contribution in [3.8, 4) is 11.4 Å². The smallest absolute Gasteiger partial charge is 0.220 e. The van der Waals surface area contributed by atoms with Crippen LogP contribution in [0.25, 0.3) is 22.4 Å². The van der Waals surface area contributed by atoms with Gasteiger partial charge >= 0.3 is 0 Å². The zero-order valence-electron chi connectivity index (χ0n) is 16.4. The van der Waals surface area contributed by atoms with E-state index in [4.69, 9.17) is 9.97 Å². The van der Waals surface area contributed by atoms with Gasteiger partial charge in [0.25, 0.3) is 0 Å². The molecule has 6 nitrogen and oxygen atoms in total. The number of hydrogen-bond donors (Lipinski definition) is 1. The number of carbonyl (C=O) groups excluding carboxylic acids is 1. The molecule has 2 atom stereocenters. The van der Waals surface area contributed by atoms with Crippen molar-refractivity contribution in [2.75, 3.05) is 6.54 Å². The number of fused-ring (bicyclic) bond motifs is 1. The van der Waals surface area contributed by atoms with Gasteiger partial charge in [-0.15, -0.1) is 11.3 Å². The summed E-state index contributed by atoms with van der Waals surface area (Å²) in [6, 6.07) is 2.02. The van der Waals surface area contributed by atoms with E-state index in [1.807, 2.05) is 19.3 Å². The van der Waals surface area contributed by atoms with Crippen molar-refractivity contribution >= 4 is 28.3 Å². The lowest BCUT2D eigenvalue weighted by atomic mass is 9.92. The molecule has 3 aromatic rings. The third-order valence-electron chi connectivity index (χ3n) is 5.33. The number of imidazole rings is 1. The number of carbonyl (C=O) groups is 1. The summed E-state index contributed by atoms with van der Waals surface area (Å²) in [5.41, 5.74) is 3.71. The molecule has 3 aromatic heterocycles. The largest absolute Gasteiger partial charge is 0.356 e. The molecule has 0 aliphatic carbocycles. The molecular weight excluding hydrogens is 358 g/mol. The summed E-state index contributed by atoms with van der Waals surface area (Å²) in [5.74, 6) is 1.62. The Balaban J connectivity index is 1.69. The second-order valence-electron chi connectivity index (χ2n) is 8.43. The predicted molar refractivity (Wildman–Crippen MR) is 108 cm³/mol. The van der Waals surface area contributed by atoms with Crippen LogP contribution in [-0.4, -0.2) is 32.0 Å². The molecule has 1 aliphatic rings. The van der Waals surface area contributed by atoms with Gasteiger partial charge in [-0.25, -0.2) is 9.97 Å². The van der Waals surface area contributed by atoms with Crippen molar-refractivity contribution in [1.82, 2.24) is 24.8 Å². The average Bonchev–Trinajstić information content (AvgIpc) is 3.32. The van der Waals surface area contributed by atoms with E-state index in [0.29, 0.717) is 6.42 Å². The predicted octanol–water partition coefficient (Wildman–Crippen LogP) is 3.63. The Hall–Kier alpha value is -2.28. The van der Waals surface area contributed by atoms with Gasteiger partial charge < -0.3 is 9.88 Å². The Morgan fingerprint density at radius 3 is 2.70 bits per heavy atom. The van der Waals surface area contributed by atoms with Crippen molar-refractivity contribution in [2.45, 2.75) is 45.4 Å². The van der Waals surface area contributed by atoms with Crippen LogP contribution in [0.5, 0.6) is 0 Å². The van der Waals surface area contributed by atoms with Crippen LogP contribution in [0.1, 0.15) is 50.9 Å². The van der Waals surface area contributed by atoms with Crippen LogP contribution in [0.3, 0.4) is 0 Å². The number of nitrogens with one attached hydrogen (secondary N) is 1. The summed E-state index contributed by atoms with van der Waals surface area (Å²) in [6.45, 7) is 9.38. The molecule has 4 heterocycles. The van der Waals surface area contributed by atoms with E-state index in [9.17, 15) is 4.79 Å². The average molecular weight is 384 g/mol. The van der Waals surface area contributed by atoms with Crippen LogP contribution in [0.15, 0.2) is 17.6 Å². The molecule has 0 unspecified atom stereocenters. The van der Waals surface area contributed by atoms with E-state index < -0.39 is 0 Å². The van der Waals surface area contributed by atoms with Gasteiger partial charge in [0.15, 0.2) is 0 Å². The first-order valence-corrected chi connectivity index (χ1v) is 10.2. The first kappa shape index (κ1) is 18.1. The topological polar surface area (TPSA) is 72.7 Å². The normalized spacial score (nSPS) is 18.9. The molecule has 0 bridgehead atoms. The molecular formula is C20H25N5OS. The third kappa shape index (κ3) is 3.25. The van der Waals surface area contributed by atoms with Gasteiger partial charge in [0.05, 0.1) is 33.6 Å². The van der Waals surface area contributed by atoms with E-state index in [0.717, 1.165) is 39.8 Å². The quantitative estimate of drug-likeness (QED) is 0.750. The van der Waals surface area contributed by atoms with Crippen molar-refractivity contribution in [1.29, 1.82) is 0 Å². The Morgan fingerprint density at radius 1 is 1.30 bits per heavy atom. The van der Waals surface area contributed by atoms with Crippen molar-refractivity contribution < 1.29 is 4.79 Å². The highest BCUT2D eigenvalue weighted by molar-refractivity contribution is 7.10. The second-order valence-corrected chi connectivity index (χ2v) is 9.29. The van der Waals surface area contributed by atoms with Crippen LogP contribution in [0.4, 0.5) is 0 Å². The Labute approximate surface area is 163 Å². The fraction of sp³-hybridized carbons (Fsp3) is 0.500. The highest BCUT2D eigenvalue weighted by Gasteiger charge is 2.30. The number of rotatable bonds is 3. The minimum Gasteiger partial charge on any atom is -0.356 e. The van der Waals surface area contributed by atoms with Crippen LogP contribution in [-0.2, 0) is 17.3 Å². The molecule has 0 spiro atoms. The van der Waals surface area contributed by atoms with Crippen molar-refractivity contribution in [3.05, 3.63) is 28.5 Å². The molecule has 1 saturated heterocycles. The number of aryl methyl sites for hydroxylation is 1. The maximum atomic E-state index is 11.6. The molecule has 0 aromatic carbocycles. The highest BCUT2D eigenvalue weighted by atomic mass is 32.1. The second kappa shape index (κ2) is 6.41. The Kier molecular flexibility index (Phi) is 4.29. The lowest BCUT2D eigenvalue weighted by molar-refractivity contribution is -0.119. The lowest BCUT2D eigenvalue weighted by Gasteiger charge is -2.16. The molecule has 1 amide bonds. The number of amides is 1. The molecule has 27 heavy (non-hydrogen) atoms. The molecule has 1 N–H and O–H groups in total. The number of aromatic nitrogens is 4. The van der Waals surface area contributed by atoms with E-state index in [1.54, 1.807) is 11.3 Å². The van der Waals surface area contributed by atoms with Gasteiger partial charge in [0.1, 0.15) is 5.82 Å². The summed E-state index contributed by atoms with van der Waals surface area (Å²) in [7, 11) is 2.02. The number of hydrogen-bond acceptors (Lipinski definition) is 5. The lowest BCUT2D eigenvalue weighted by Crippen LogP contribution is -2.17. The molecule has 0 radical (unpaired) electrons. The van der Waals surface area contributed by atoms with E-state index in [2.05, 4.69) is 47.9 Å². The van der Waals surface area contributed by atoms with E-state index in [1.165, 1.54) is 0 Å². The number of pyridine rings is 1. The summed E-state index contributed by atoms with van der Waals surface area (Å²) in [5, 5.41) is 6.09. The van der Waals surface area contributed by atoms with Crippen molar-refractivity contribution in [2.24, 2.45) is 13.0 Å². The summed E-state index contributed by atoms with van der Waals surface area (Å²) in [6.07, 6.45) is 2.45. The Morgan fingerprint density at radius 2 is 2.07 bits per heavy atom. The standard InChI is InChI=1S/C20H25N5OS/c1-11(12-6-17(26)22-8-12)18-23-14-7-13(21-9-16(14)25(18)5)15-10-27-19(24-15)20(2,3)4/h7,9-12H,6,8H2,1-5H3,(H,22,26)/t11-,12+/m1/s1. The fourth-order valence-electron chi connectivity index (χ4n) is 3.58. The van der Waals surface area contributed by atoms with Gasteiger partial charge in [-0.05, 0) is 12.0 Å². The monoisotopic (exact) mass is 383 g/mol. The highest BCUT2D eigenvalue weighted by Crippen LogP contribution is 2.32. The molecule has 4 rings (SSSR count). The minimum atomic E-state index is 0.0351. The van der Waals surface area contributed by atoms with Gasteiger partial charge in [0.2, 0.25) is 5.91 Å². The zero-order chi connectivity index (χ0) is 19.3. The molecule has 1 aliphatic heterocycles. The molecule has 0 saturated carbocycles. The first-order chi connectivity index (χ1) is 12.7. The Bertz CT molecular complexity index is 1010. The molecule has 1 fully saturated rings. The number of nitrogens with zero attached hydrogens (tertiary/aromatic N) is 4. The van der Waals surface area contributed by atoms with Crippen LogP contribution < -0.4 is 5.32 Å². The molecule has 142 valence electrons. The van der Waals surface area contributed by atoms with Crippen LogP contribution >= 0.6 is 11.3 Å². The van der Waals surface area contributed by atoms with Crippen LogP contribution in [0, 0.1) is 5.92 Å². The van der Waals surface area contributed by atoms with E-state index >= 15 is 0 Å². The fourth-order valence-corrected chi connectivity index (χ4v) is 4.48. The summed E-state index contributed by atoms with van der Waals surface area (Å²) >= 11 is 1.67. The van der Waals surface area contributed by atoms with Gasteiger partial charge in [-0.1, -0.05) is 27.7 Å². The minimum absolute atomic E-state index is 0.0351. The summed E-state index contributed by atoms with van der Waals surface area (Å²) in [4.78, 5) is 25.9.